The molecule has 1 unspecified atom stereocenters. The van der Waals surface area contributed by atoms with Crippen LogP contribution in [0.3, 0.4) is 0 Å². The number of ether oxygens (including phenoxy) is 1. The molecule has 1 aromatic rings. The first-order chi connectivity index (χ1) is 12.6. The average Bonchev–Trinajstić information content (AvgIpc) is 3.16. The maximum absolute atomic E-state index is 13.0. The largest absolute Gasteiger partial charge is 0.445 e. The molecule has 6 nitrogen and oxygen atoms in total. The quantitative estimate of drug-likeness (QED) is 0.828. The highest BCUT2D eigenvalue weighted by Crippen LogP contribution is 2.23. The first kappa shape index (κ1) is 18.7. The standard InChI is InChI=1S/C20H29N3O3/c1-21-13-10-17(11-14-21)22(2)19(24)18-9-6-12-23(18)20(25)26-15-16-7-4-3-5-8-16/h3-5,7-8,17-18H,6,9-15H2,1-2H3. The van der Waals surface area contributed by atoms with E-state index in [1.54, 1.807) is 4.90 Å². The van der Waals surface area contributed by atoms with Gasteiger partial charge in [0.25, 0.3) is 0 Å². The number of likely N-dealkylation sites (tertiary alicyclic amines) is 2. The minimum atomic E-state index is -0.388. The molecule has 2 heterocycles. The second-order valence-corrected chi connectivity index (χ2v) is 7.38. The summed E-state index contributed by atoms with van der Waals surface area (Å²) in [7, 11) is 3.99. The van der Waals surface area contributed by atoms with Crippen LogP contribution in [0.5, 0.6) is 0 Å². The number of hydrogen-bond acceptors (Lipinski definition) is 4. The maximum Gasteiger partial charge on any atom is 0.410 e. The Morgan fingerprint density at radius 2 is 1.81 bits per heavy atom. The molecule has 26 heavy (non-hydrogen) atoms. The van der Waals surface area contributed by atoms with Gasteiger partial charge in [-0.1, -0.05) is 30.3 Å². The molecule has 0 aliphatic carbocycles. The molecule has 2 aliphatic heterocycles. The molecule has 6 heteroatoms. The lowest BCUT2D eigenvalue weighted by atomic mass is 10.0. The predicted molar refractivity (Wildman–Crippen MR) is 99.6 cm³/mol. The molecular formula is C20H29N3O3. The number of amides is 2. The molecule has 1 aromatic carbocycles. The van der Waals surface area contributed by atoms with Crippen molar-refractivity contribution in [2.75, 3.05) is 33.7 Å². The van der Waals surface area contributed by atoms with Crippen molar-refractivity contribution < 1.29 is 14.3 Å². The van der Waals surface area contributed by atoms with Crippen molar-refractivity contribution in [2.24, 2.45) is 0 Å². The first-order valence-electron chi connectivity index (χ1n) is 9.49. The molecule has 0 aromatic heterocycles. The highest BCUT2D eigenvalue weighted by atomic mass is 16.6. The summed E-state index contributed by atoms with van der Waals surface area (Å²) in [5.41, 5.74) is 0.950. The van der Waals surface area contributed by atoms with E-state index in [4.69, 9.17) is 4.74 Å². The van der Waals surface area contributed by atoms with Crippen molar-refractivity contribution in [3.05, 3.63) is 35.9 Å². The van der Waals surface area contributed by atoms with Crippen LogP contribution in [0.1, 0.15) is 31.2 Å². The molecule has 0 bridgehead atoms. The third-order valence-corrected chi connectivity index (χ3v) is 5.56. The average molecular weight is 359 g/mol. The van der Waals surface area contributed by atoms with Gasteiger partial charge in [0.15, 0.2) is 0 Å². The third-order valence-electron chi connectivity index (χ3n) is 5.56. The molecule has 0 spiro atoms. The van der Waals surface area contributed by atoms with E-state index in [0.717, 1.165) is 44.3 Å². The van der Waals surface area contributed by atoms with Crippen molar-refractivity contribution in [1.29, 1.82) is 0 Å². The molecular weight excluding hydrogens is 330 g/mol. The van der Waals surface area contributed by atoms with E-state index in [1.807, 2.05) is 42.3 Å². The smallest absolute Gasteiger partial charge is 0.410 e. The summed E-state index contributed by atoms with van der Waals surface area (Å²) < 4.78 is 5.44. The van der Waals surface area contributed by atoms with Gasteiger partial charge in [0.1, 0.15) is 12.6 Å². The van der Waals surface area contributed by atoms with E-state index in [1.165, 1.54) is 0 Å². The van der Waals surface area contributed by atoms with E-state index < -0.39 is 0 Å². The summed E-state index contributed by atoms with van der Waals surface area (Å²) in [5.74, 6) is 0.0497. The van der Waals surface area contributed by atoms with Gasteiger partial charge >= 0.3 is 6.09 Å². The van der Waals surface area contributed by atoms with Crippen LogP contribution in [-0.4, -0.2) is 72.5 Å². The number of rotatable bonds is 4. The van der Waals surface area contributed by atoms with E-state index in [9.17, 15) is 9.59 Å². The Bertz CT molecular complexity index is 614. The van der Waals surface area contributed by atoms with Crippen LogP contribution in [0.15, 0.2) is 30.3 Å². The van der Waals surface area contributed by atoms with Gasteiger partial charge in [-0.25, -0.2) is 4.79 Å². The van der Waals surface area contributed by atoms with Gasteiger partial charge in [-0.3, -0.25) is 9.69 Å². The summed E-state index contributed by atoms with van der Waals surface area (Å²) in [6.45, 7) is 2.85. The van der Waals surface area contributed by atoms with E-state index in [2.05, 4.69) is 11.9 Å². The van der Waals surface area contributed by atoms with Crippen LogP contribution in [0, 0.1) is 0 Å². The van der Waals surface area contributed by atoms with Gasteiger partial charge in [-0.15, -0.1) is 0 Å². The number of benzene rings is 1. The molecule has 0 N–H and O–H groups in total. The maximum atomic E-state index is 13.0. The summed E-state index contributed by atoms with van der Waals surface area (Å²) >= 11 is 0. The minimum Gasteiger partial charge on any atom is -0.445 e. The molecule has 2 fully saturated rings. The van der Waals surface area contributed by atoms with Crippen LogP contribution in [-0.2, 0) is 16.1 Å². The number of likely N-dealkylation sites (N-methyl/N-ethyl adjacent to an activating group) is 1. The van der Waals surface area contributed by atoms with E-state index >= 15 is 0 Å². The fraction of sp³-hybridized carbons (Fsp3) is 0.600. The lowest BCUT2D eigenvalue weighted by Crippen LogP contribution is -2.51. The van der Waals surface area contributed by atoms with Crippen LogP contribution in [0.25, 0.3) is 0 Å². The lowest BCUT2D eigenvalue weighted by Gasteiger charge is -2.37. The van der Waals surface area contributed by atoms with Gasteiger partial charge in [-0.05, 0) is 51.4 Å². The van der Waals surface area contributed by atoms with E-state index in [0.29, 0.717) is 6.54 Å². The van der Waals surface area contributed by atoms with Crippen LogP contribution >= 0.6 is 0 Å². The molecule has 2 aliphatic rings. The molecule has 1 atom stereocenters. The summed E-state index contributed by atoms with van der Waals surface area (Å²) in [6.07, 6.45) is 3.16. The van der Waals surface area contributed by atoms with Crippen molar-refractivity contribution in [1.82, 2.24) is 14.7 Å². The Kier molecular flexibility index (Phi) is 6.14. The number of carbonyl (C=O) groups excluding carboxylic acids is 2. The van der Waals surface area contributed by atoms with Crippen molar-refractivity contribution >= 4 is 12.0 Å². The second kappa shape index (κ2) is 8.54. The molecule has 142 valence electrons. The highest BCUT2D eigenvalue weighted by Gasteiger charge is 2.38. The number of carbonyl (C=O) groups is 2. The summed E-state index contributed by atoms with van der Waals surface area (Å²) in [5, 5.41) is 0. The minimum absolute atomic E-state index is 0.0497. The van der Waals surface area contributed by atoms with Gasteiger partial charge in [0.2, 0.25) is 5.91 Å². The van der Waals surface area contributed by atoms with Crippen LogP contribution < -0.4 is 0 Å². The molecule has 3 rings (SSSR count). The molecule has 2 saturated heterocycles. The normalized spacial score (nSPS) is 21.6. The lowest BCUT2D eigenvalue weighted by molar-refractivity contribution is -0.137. The van der Waals surface area contributed by atoms with Crippen LogP contribution in [0.4, 0.5) is 4.79 Å². The third kappa shape index (κ3) is 4.36. The molecule has 0 saturated carbocycles. The fourth-order valence-electron chi connectivity index (χ4n) is 3.84. The second-order valence-electron chi connectivity index (χ2n) is 7.38. The first-order valence-corrected chi connectivity index (χ1v) is 9.49. The SMILES string of the molecule is CN1CCC(N(C)C(=O)C2CCCN2C(=O)OCc2ccccc2)CC1. The van der Waals surface area contributed by atoms with Crippen molar-refractivity contribution in [3.63, 3.8) is 0 Å². The Morgan fingerprint density at radius 1 is 1.12 bits per heavy atom. The predicted octanol–water partition coefficient (Wildman–Crippen LogP) is 2.34. The van der Waals surface area contributed by atoms with Gasteiger partial charge in [0, 0.05) is 19.6 Å². The zero-order valence-corrected chi connectivity index (χ0v) is 15.8. The Balaban J connectivity index is 1.56. The molecule has 0 radical (unpaired) electrons. The van der Waals surface area contributed by atoms with Gasteiger partial charge in [0.05, 0.1) is 0 Å². The van der Waals surface area contributed by atoms with E-state index in [-0.39, 0.29) is 30.7 Å². The van der Waals surface area contributed by atoms with Crippen molar-refractivity contribution in [3.8, 4) is 0 Å². The Hall–Kier alpha value is -2.08. The highest BCUT2D eigenvalue weighted by molar-refractivity contribution is 5.86. The molecule has 2 amide bonds. The summed E-state index contributed by atoms with van der Waals surface area (Å²) in [6, 6.07) is 9.49. The zero-order valence-electron chi connectivity index (χ0n) is 15.8. The van der Waals surface area contributed by atoms with Crippen LogP contribution in [0.2, 0.25) is 0 Å². The van der Waals surface area contributed by atoms with Crippen molar-refractivity contribution in [2.45, 2.75) is 44.4 Å². The number of piperidine rings is 1. The number of hydrogen-bond donors (Lipinski definition) is 0. The van der Waals surface area contributed by atoms with Gasteiger partial charge in [-0.2, -0.15) is 0 Å². The Labute approximate surface area is 155 Å². The Morgan fingerprint density at radius 3 is 2.50 bits per heavy atom. The fourth-order valence-corrected chi connectivity index (χ4v) is 3.84. The number of nitrogens with zero attached hydrogens (tertiary/aromatic N) is 3. The monoisotopic (exact) mass is 359 g/mol. The van der Waals surface area contributed by atoms with Gasteiger partial charge < -0.3 is 14.5 Å². The topological polar surface area (TPSA) is 53.1 Å². The summed E-state index contributed by atoms with van der Waals surface area (Å²) in [4.78, 5) is 31.2. The zero-order chi connectivity index (χ0) is 18.5.